The van der Waals surface area contributed by atoms with E-state index in [-0.39, 0.29) is 0 Å². The molecule has 0 unspecified atom stereocenters. The smallest absolute Gasteiger partial charge is 0.135 e. The summed E-state index contributed by atoms with van der Waals surface area (Å²) in [5.74, 6) is 1.64. The molecule has 2 aliphatic rings. The molecule has 13 rings (SSSR count). The van der Waals surface area contributed by atoms with E-state index in [4.69, 9.17) is 4.74 Å². The Morgan fingerprint density at radius 3 is 1.93 bits per heavy atom. The van der Waals surface area contributed by atoms with Crippen LogP contribution in [0.5, 0.6) is 11.5 Å². The number of benzene rings is 7. The first-order valence-corrected chi connectivity index (χ1v) is 21.2. The zero-order valence-corrected chi connectivity index (χ0v) is 33.3. The number of ether oxygens (including phenoxy) is 1. The molecule has 61 heavy (non-hydrogen) atoms. The zero-order valence-electron chi connectivity index (χ0n) is 33.3. The normalized spacial score (nSPS) is 13.4. The first-order chi connectivity index (χ1) is 30.2. The molecule has 5 nitrogen and oxygen atoms in total. The summed E-state index contributed by atoms with van der Waals surface area (Å²) >= 11 is 0. The molecule has 2 aliphatic carbocycles. The second-order valence-electron chi connectivity index (χ2n) is 16.4. The Hall–Kier alpha value is -7.76. The van der Waals surface area contributed by atoms with Crippen molar-refractivity contribution in [2.75, 3.05) is 0 Å². The molecule has 0 radical (unpaired) electrons. The lowest BCUT2D eigenvalue weighted by molar-refractivity contribution is 0.488. The highest BCUT2D eigenvalue weighted by atomic mass is 16.5. The largest absolute Gasteiger partial charge is 0.457 e. The molecule has 0 saturated carbocycles. The average Bonchev–Trinajstić information content (AvgIpc) is 3.84. The quantitative estimate of drug-likeness (QED) is 0.169. The molecule has 0 amide bonds. The van der Waals surface area contributed by atoms with Crippen molar-refractivity contribution in [1.29, 1.82) is 0 Å². The maximum absolute atomic E-state index is 7.21. The van der Waals surface area contributed by atoms with Crippen LogP contribution in [0.15, 0.2) is 170 Å². The highest BCUT2D eigenvalue weighted by Crippen LogP contribution is 2.42. The maximum Gasteiger partial charge on any atom is 0.135 e. The molecule has 5 heteroatoms. The average molecular weight is 783 g/mol. The van der Waals surface area contributed by atoms with Gasteiger partial charge in [0.2, 0.25) is 0 Å². The van der Waals surface area contributed by atoms with Gasteiger partial charge in [-0.05, 0) is 148 Å². The SMILES string of the molecule is C1=Cc2c(c3ccccc3n2-c2cc(Oc3ccc4ccc5c6c(ccc3c46)CCC=5)cc(-n3c4ccc(-c5ccncc5)cc4c4cc(-c5ccncc5)ccc43)c2)CC1. The summed E-state index contributed by atoms with van der Waals surface area (Å²) in [7, 11) is 0. The Balaban J connectivity index is 1.08. The van der Waals surface area contributed by atoms with Gasteiger partial charge in [0.05, 0.1) is 27.9 Å². The fourth-order valence-corrected chi connectivity index (χ4v) is 10.3. The van der Waals surface area contributed by atoms with Crippen LogP contribution >= 0.6 is 0 Å². The molecule has 4 heterocycles. The van der Waals surface area contributed by atoms with Crippen LogP contribution in [0, 0.1) is 0 Å². The summed E-state index contributed by atoms with van der Waals surface area (Å²) in [6, 6.07) is 51.1. The van der Waals surface area contributed by atoms with E-state index in [1.807, 2.05) is 24.8 Å². The zero-order chi connectivity index (χ0) is 40.0. The van der Waals surface area contributed by atoms with E-state index in [2.05, 4.69) is 177 Å². The van der Waals surface area contributed by atoms with Gasteiger partial charge in [0.1, 0.15) is 11.5 Å². The van der Waals surface area contributed by atoms with Gasteiger partial charge in [-0.1, -0.05) is 72.8 Å². The van der Waals surface area contributed by atoms with Crippen molar-refractivity contribution in [3.8, 4) is 45.1 Å². The predicted octanol–water partition coefficient (Wildman–Crippen LogP) is 13.4. The lowest BCUT2D eigenvalue weighted by Gasteiger charge is -2.19. The first-order valence-electron chi connectivity index (χ1n) is 21.2. The van der Waals surface area contributed by atoms with E-state index in [0.717, 1.165) is 87.2 Å². The van der Waals surface area contributed by atoms with Crippen LogP contribution in [0.3, 0.4) is 0 Å². The molecule has 0 N–H and O–H groups in total. The van der Waals surface area contributed by atoms with Gasteiger partial charge in [0.15, 0.2) is 0 Å². The second-order valence-corrected chi connectivity index (χ2v) is 16.4. The summed E-state index contributed by atoms with van der Waals surface area (Å²) in [5, 5.41) is 10.0. The number of nitrogens with zero attached hydrogens (tertiary/aromatic N) is 4. The van der Waals surface area contributed by atoms with Gasteiger partial charge in [-0.2, -0.15) is 0 Å². The molecule has 7 aromatic carbocycles. The lowest BCUT2D eigenvalue weighted by atomic mass is 9.90. The standard InChI is InChI=1S/C56H38N4O/c1-3-10-50-45(8-1)46-9-2-4-11-51(46)59(50)42-32-43(34-44(33-42)61-54-21-17-39-13-12-37-6-5-7-38-14-18-47(54)56(39)55(37)38)60-52-19-15-40(35-22-26-57-27-23-35)30-48(52)49-31-41(16-20-53(49)60)36-24-28-58-29-25-36/h1,3-4,6,8,10-34H,2,5,7,9H2. The second kappa shape index (κ2) is 13.4. The van der Waals surface area contributed by atoms with Crippen LogP contribution < -0.4 is 9.96 Å². The summed E-state index contributed by atoms with van der Waals surface area (Å²) in [5.41, 5.74) is 14.1. The Labute approximate surface area is 352 Å². The molecule has 0 bridgehead atoms. The monoisotopic (exact) mass is 782 g/mol. The third kappa shape index (κ3) is 5.33. The van der Waals surface area contributed by atoms with E-state index >= 15 is 0 Å². The number of aromatic nitrogens is 4. The molecule has 11 aromatic rings. The highest BCUT2D eigenvalue weighted by molar-refractivity contribution is 6.14. The minimum absolute atomic E-state index is 0.783. The molecule has 0 saturated heterocycles. The van der Waals surface area contributed by atoms with Crippen LogP contribution in [0.1, 0.15) is 29.7 Å². The number of pyridine rings is 2. The minimum Gasteiger partial charge on any atom is -0.457 e. The van der Waals surface area contributed by atoms with Crippen molar-refractivity contribution in [2.45, 2.75) is 25.7 Å². The molecular formula is C56H38N4O. The molecular weight excluding hydrogens is 745 g/mol. The van der Waals surface area contributed by atoms with Gasteiger partial charge in [0.25, 0.3) is 0 Å². The Morgan fingerprint density at radius 1 is 0.492 bits per heavy atom. The third-order valence-corrected chi connectivity index (χ3v) is 13.0. The number of allylic oxidation sites excluding steroid dienone is 1. The summed E-state index contributed by atoms with van der Waals surface area (Å²) in [6.07, 6.45) is 18.6. The Bertz CT molecular complexity index is 3570. The number of rotatable bonds is 6. The van der Waals surface area contributed by atoms with Gasteiger partial charge in [-0.15, -0.1) is 0 Å². The van der Waals surface area contributed by atoms with Crippen molar-refractivity contribution in [2.24, 2.45) is 0 Å². The summed E-state index contributed by atoms with van der Waals surface area (Å²) in [6.45, 7) is 0. The molecule has 0 aliphatic heterocycles. The topological polar surface area (TPSA) is 44.9 Å². The molecule has 0 atom stereocenters. The molecule has 4 aromatic heterocycles. The Morgan fingerprint density at radius 2 is 1.18 bits per heavy atom. The van der Waals surface area contributed by atoms with Gasteiger partial charge in [0, 0.05) is 69.5 Å². The Kier molecular flexibility index (Phi) is 7.49. The van der Waals surface area contributed by atoms with Crippen molar-refractivity contribution in [3.05, 3.63) is 192 Å². The van der Waals surface area contributed by atoms with Crippen molar-refractivity contribution in [3.63, 3.8) is 0 Å². The van der Waals surface area contributed by atoms with Crippen molar-refractivity contribution >= 4 is 66.4 Å². The molecule has 0 fully saturated rings. The van der Waals surface area contributed by atoms with E-state index in [1.165, 1.54) is 59.9 Å². The fraction of sp³-hybridized carbons (Fsp3) is 0.0714. The van der Waals surface area contributed by atoms with Crippen molar-refractivity contribution < 1.29 is 4.74 Å². The minimum atomic E-state index is 0.783. The number of hydrogen-bond acceptors (Lipinski definition) is 3. The van der Waals surface area contributed by atoms with Crippen LogP contribution in [0.2, 0.25) is 0 Å². The third-order valence-electron chi connectivity index (χ3n) is 13.0. The van der Waals surface area contributed by atoms with Gasteiger partial charge < -0.3 is 13.9 Å². The van der Waals surface area contributed by atoms with Crippen LogP contribution in [0.4, 0.5) is 0 Å². The van der Waals surface area contributed by atoms with E-state index in [9.17, 15) is 0 Å². The lowest BCUT2D eigenvalue weighted by Crippen LogP contribution is -2.10. The van der Waals surface area contributed by atoms with Crippen molar-refractivity contribution in [1.82, 2.24) is 19.1 Å². The fourth-order valence-electron chi connectivity index (χ4n) is 10.3. The summed E-state index contributed by atoms with van der Waals surface area (Å²) < 4.78 is 12.1. The van der Waals surface area contributed by atoms with Gasteiger partial charge in [-0.3, -0.25) is 9.97 Å². The van der Waals surface area contributed by atoms with Crippen LogP contribution in [0.25, 0.3) is 100 Å². The van der Waals surface area contributed by atoms with Gasteiger partial charge in [-0.25, -0.2) is 0 Å². The number of hydrogen-bond donors (Lipinski definition) is 0. The number of para-hydroxylation sites is 1. The maximum atomic E-state index is 7.21. The molecule has 0 spiro atoms. The van der Waals surface area contributed by atoms with Crippen LogP contribution in [-0.2, 0) is 12.8 Å². The van der Waals surface area contributed by atoms with E-state index < -0.39 is 0 Å². The summed E-state index contributed by atoms with van der Waals surface area (Å²) in [4.78, 5) is 8.60. The number of aryl methyl sites for hydroxylation is 2. The molecule has 288 valence electrons. The van der Waals surface area contributed by atoms with E-state index in [1.54, 1.807) is 0 Å². The highest BCUT2D eigenvalue weighted by Gasteiger charge is 2.22. The van der Waals surface area contributed by atoms with E-state index in [0.29, 0.717) is 0 Å². The first kappa shape index (κ1) is 34.1. The predicted molar refractivity (Wildman–Crippen MR) is 251 cm³/mol. The van der Waals surface area contributed by atoms with Gasteiger partial charge >= 0.3 is 0 Å². The number of fused-ring (bicyclic) bond motifs is 6. The van der Waals surface area contributed by atoms with Crippen LogP contribution in [-0.4, -0.2) is 19.1 Å².